The van der Waals surface area contributed by atoms with Gasteiger partial charge in [0.05, 0.1) is 0 Å². The van der Waals surface area contributed by atoms with Crippen LogP contribution in [0.25, 0.3) is 0 Å². The summed E-state index contributed by atoms with van der Waals surface area (Å²) in [5, 5.41) is 5.24. The normalized spacial score (nSPS) is 10.9. The molecule has 0 aromatic rings. The standard InChI is InChI=1S/C9H19N3O2/c1-7(13)11-4-5-12-8(14)6-9(2,3)10/h4-6,10H2,1-3H3,(H,11,13)(H,12,14). The van der Waals surface area contributed by atoms with Crippen molar-refractivity contribution in [1.29, 1.82) is 0 Å². The summed E-state index contributed by atoms with van der Waals surface area (Å²) >= 11 is 0. The molecular weight excluding hydrogens is 182 g/mol. The molecule has 82 valence electrons. The van der Waals surface area contributed by atoms with Gasteiger partial charge in [0.25, 0.3) is 0 Å². The number of rotatable bonds is 5. The van der Waals surface area contributed by atoms with Crippen LogP contribution in [-0.4, -0.2) is 30.4 Å². The molecule has 0 bridgehead atoms. The third kappa shape index (κ3) is 8.99. The zero-order chi connectivity index (χ0) is 11.2. The van der Waals surface area contributed by atoms with Gasteiger partial charge in [-0.2, -0.15) is 0 Å². The molecule has 0 aliphatic carbocycles. The lowest BCUT2D eigenvalue weighted by Gasteiger charge is -2.17. The number of carbonyl (C=O) groups is 2. The second kappa shape index (κ2) is 5.59. The molecule has 0 spiro atoms. The third-order valence-electron chi connectivity index (χ3n) is 1.44. The van der Waals surface area contributed by atoms with E-state index in [1.165, 1.54) is 6.92 Å². The van der Waals surface area contributed by atoms with Crippen LogP contribution in [0.3, 0.4) is 0 Å². The van der Waals surface area contributed by atoms with Crippen LogP contribution in [0.1, 0.15) is 27.2 Å². The van der Waals surface area contributed by atoms with Crippen LogP contribution in [0.5, 0.6) is 0 Å². The van der Waals surface area contributed by atoms with Crippen molar-refractivity contribution in [1.82, 2.24) is 10.6 Å². The first-order chi connectivity index (χ1) is 6.31. The highest BCUT2D eigenvalue weighted by molar-refractivity contribution is 5.77. The smallest absolute Gasteiger partial charge is 0.221 e. The molecule has 0 fully saturated rings. The average Bonchev–Trinajstić information content (AvgIpc) is 1.94. The Hall–Kier alpha value is -1.10. The predicted octanol–water partition coefficient (Wildman–Crippen LogP) is -0.634. The lowest BCUT2D eigenvalue weighted by Crippen LogP contribution is -2.41. The zero-order valence-electron chi connectivity index (χ0n) is 9.02. The monoisotopic (exact) mass is 201 g/mol. The molecule has 0 aliphatic rings. The van der Waals surface area contributed by atoms with Crippen molar-refractivity contribution in [2.45, 2.75) is 32.7 Å². The molecule has 5 heteroatoms. The maximum atomic E-state index is 11.2. The molecule has 0 saturated heterocycles. The lowest BCUT2D eigenvalue weighted by molar-refractivity contribution is -0.122. The molecule has 0 heterocycles. The minimum atomic E-state index is -0.488. The predicted molar refractivity (Wildman–Crippen MR) is 54.6 cm³/mol. The Morgan fingerprint density at radius 1 is 1.21 bits per heavy atom. The summed E-state index contributed by atoms with van der Waals surface area (Å²) in [7, 11) is 0. The molecule has 0 aromatic heterocycles. The molecule has 0 atom stereocenters. The quantitative estimate of drug-likeness (QED) is 0.518. The minimum Gasteiger partial charge on any atom is -0.355 e. The fourth-order valence-corrected chi connectivity index (χ4v) is 0.917. The van der Waals surface area contributed by atoms with Crippen molar-refractivity contribution < 1.29 is 9.59 Å². The summed E-state index contributed by atoms with van der Waals surface area (Å²) in [6.45, 7) is 5.91. The number of nitrogens with two attached hydrogens (primary N) is 1. The number of hydrogen-bond acceptors (Lipinski definition) is 3. The molecule has 0 unspecified atom stereocenters. The summed E-state index contributed by atoms with van der Waals surface area (Å²) in [6, 6.07) is 0. The van der Waals surface area contributed by atoms with Crippen LogP contribution in [0.4, 0.5) is 0 Å². The minimum absolute atomic E-state index is 0.0946. The van der Waals surface area contributed by atoms with Crippen molar-refractivity contribution in [3.8, 4) is 0 Å². The highest BCUT2D eigenvalue weighted by atomic mass is 16.2. The molecule has 14 heavy (non-hydrogen) atoms. The Bertz CT molecular complexity index is 209. The van der Waals surface area contributed by atoms with Crippen LogP contribution in [0.15, 0.2) is 0 Å². The number of carbonyl (C=O) groups excluding carboxylic acids is 2. The van der Waals surface area contributed by atoms with Gasteiger partial charge in [-0.3, -0.25) is 9.59 Å². The Morgan fingerprint density at radius 3 is 2.14 bits per heavy atom. The van der Waals surface area contributed by atoms with Gasteiger partial charge >= 0.3 is 0 Å². The van der Waals surface area contributed by atoms with E-state index in [0.717, 1.165) is 0 Å². The van der Waals surface area contributed by atoms with E-state index < -0.39 is 5.54 Å². The first-order valence-electron chi connectivity index (χ1n) is 4.61. The maximum absolute atomic E-state index is 11.2. The maximum Gasteiger partial charge on any atom is 0.221 e. The van der Waals surface area contributed by atoms with Gasteiger partial charge in [-0.05, 0) is 13.8 Å². The van der Waals surface area contributed by atoms with Gasteiger partial charge in [-0.25, -0.2) is 0 Å². The SMILES string of the molecule is CC(=O)NCCNC(=O)CC(C)(C)N. The summed E-state index contributed by atoms with van der Waals surface area (Å²) in [6.07, 6.45) is 0.285. The number of amides is 2. The fourth-order valence-electron chi connectivity index (χ4n) is 0.917. The second-order valence-electron chi connectivity index (χ2n) is 4.00. The van der Waals surface area contributed by atoms with Crippen molar-refractivity contribution in [3.63, 3.8) is 0 Å². The Kier molecular flexibility index (Phi) is 5.15. The van der Waals surface area contributed by atoms with Gasteiger partial charge in [0.1, 0.15) is 0 Å². The van der Waals surface area contributed by atoms with Crippen molar-refractivity contribution in [2.24, 2.45) is 5.73 Å². The molecule has 0 radical (unpaired) electrons. The first kappa shape index (κ1) is 12.9. The third-order valence-corrected chi connectivity index (χ3v) is 1.44. The zero-order valence-corrected chi connectivity index (χ0v) is 9.02. The van der Waals surface area contributed by atoms with Crippen LogP contribution in [-0.2, 0) is 9.59 Å². The molecular formula is C9H19N3O2. The van der Waals surface area contributed by atoms with Crippen LogP contribution >= 0.6 is 0 Å². The van der Waals surface area contributed by atoms with Gasteiger partial charge in [0.15, 0.2) is 0 Å². The first-order valence-corrected chi connectivity index (χ1v) is 4.61. The molecule has 4 N–H and O–H groups in total. The van der Waals surface area contributed by atoms with Crippen LogP contribution in [0, 0.1) is 0 Å². The average molecular weight is 201 g/mol. The van der Waals surface area contributed by atoms with Crippen LogP contribution < -0.4 is 16.4 Å². The van der Waals surface area contributed by atoms with E-state index in [9.17, 15) is 9.59 Å². The summed E-state index contributed by atoms with van der Waals surface area (Å²) < 4.78 is 0. The van der Waals surface area contributed by atoms with E-state index >= 15 is 0 Å². The van der Waals surface area contributed by atoms with Gasteiger partial charge in [0.2, 0.25) is 11.8 Å². The van der Waals surface area contributed by atoms with E-state index in [0.29, 0.717) is 13.1 Å². The molecule has 0 rings (SSSR count). The lowest BCUT2D eigenvalue weighted by atomic mass is 10.0. The van der Waals surface area contributed by atoms with Gasteiger partial charge in [-0.15, -0.1) is 0 Å². The molecule has 0 aliphatic heterocycles. The number of nitrogens with one attached hydrogen (secondary N) is 2. The topological polar surface area (TPSA) is 84.2 Å². The van der Waals surface area contributed by atoms with Gasteiger partial charge < -0.3 is 16.4 Å². The largest absolute Gasteiger partial charge is 0.355 e. The molecule has 2 amide bonds. The van der Waals surface area contributed by atoms with E-state index in [4.69, 9.17) is 5.73 Å². The van der Waals surface area contributed by atoms with Crippen molar-refractivity contribution in [2.75, 3.05) is 13.1 Å². The highest BCUT2D eigenvalue weighted by Gasteiger charge is 2.15. The Labute approximate surface area is 84.4 Å². The number of hydrogen-bond donors (Lipinski definition) is 3. The summed E-state index contributed by atoms with van der Waals surface area (Å²) in [4.78, 5) is 21.7. The fraction of sp³-hybridized carbons (Fsp3) is 0.778. The van der Waals surface area contributed by atoms with E-state index in [1.807, 2.05) is 0 Å². The van der Waals surface area contributed by atoms with Gasteiger partial charge in [-0.1, -0.05) is 0 Å². The molecule has 5 nitrogen and oxygen atoms in total. The van der Waals surface area contributed by atoms with E-state index in [-0.39, 0.29) is 18.2 Å². The van der Waals surface area contributed by atoms with E-state index in [2.05, 4.69) is 10.6 Å². The van der Waals surface area contributed by atoms with E-state index in [1.54, 1.807) is 13.8 Å². The van der Waals surface area contributed by atoms with Crippen molar-refractivity contribution >= 4 is 11.8 Å². The highest BCUT2D eigenvalue weighted by Crippen LogP contribution is 2.01. The van der Waals surface area contributed by atoms with Crippen molar-refractivity contribution in [3.05, 3.63) is 0 Å². The molecule has 0 saturated carbocycles. The summed E-state index contributed by atoms with van der Waals surface area (Å²) in [5.74, 6) is -0.193. The summed E-state index contributed by atoms with van der Waals surface area (Å²) in [5.41, 5.74) is 5.17. The molecule has 0 aromatic carbocycles. The van der Waals surface area contributed by atoms with Crippen LogP contribution in [0.2, 0.25) is 0 Å². The Balaban J connectivity index is 3.50. The Morgan fingerprint density at radius 2 is 1.71 bits per heavy atom. The van der Waals surface area contributed by atoms with Gasteiger partial charge in [0, 0.05) is 32.0 Å². The second-order valence-corrected chi connectivity index (χ2v) is 4.00.